The van der Waals surface area contributed by atoms with Crippen molar-refractivity contribution < 1.29 is 9.53 Å². The number of ether oxygens (including phenoxy) is 1. The molecule has 1 saturated heterocycles. The zero-order valence-corrected chi connectivity index (χ0v) is 20.2. The van der Waals surface area contributed by atoms with Crippen LogP contribution < -0.4 is 20.7 Å². The summed E-state index contributed by atoms with van der Waals surface area (Å²) in [5.41, 5.74) is 0. The van der Waals surface area contributed by atoms with Gasteiger partial charge in [-0.05, 0) is 59.0 Å². The van der Waals surface area contributed by atoms with Gasteiger partial charge in [0, 0.05) is 50.1 Å². The Labute approximate surface area is 197 Å². The molecule has 1 amide bonds. The van der Waals surface area contributed by atoms with E-state index >= 15 is 0 Å². The number of likely N-dealkylation sites (N-methyl/N-ethyl adjacent to an activating group) is 1. The number of likely N-dealkylation sites (tertiary alicyclic amines) is 1. The van der Waals surface area contributed by atoms with Crippen molar-refractivity contribution in [3.05, 3.63) is 43.0 Å². The van der Waals surface area contributed by atoms with Crippen LogP contribution in [0, 0.1) is 5.92 Å². The summed E-state index contributed by atoms with van der Waals surface area (Å²) in [5.74, 6) is 2.26. The van der Waals surface area contributed by atoms with Gasteiger partial charge in [0.15, 0.2) is 0 Å². The topological polar surface area (TPSA) is 104 Å². The molecule has 0 atom stereocenters. The van der Waals surface area contributed by atoms with Crippen LogP contribution in [-0.2, 0) is 4.79 Å². The lowest BCUT2D eigenvalue weighted by Crippen LogP contribution is -2.46. The smallest absolute Gasteiger partial charge is 0.225 e. The zero-order chi connectivity index (χ0) is 23.7. The molecule has 1 saturated carbocycles. The van der Waals surface area contributed by atoms with Crippen LogP contribution in [0.15, 0.2) is 43.0 Å². The average Bonchev–Trinajstić information content (AvgIpc) is 2.81. The molecule has 182 valence electrons. The molecule has 9 heteroatoms. The largest absolute Gasteiger partial charge is 0.476 e. The van der Waals surface area contributed by atoms with Crippen LogP contribution in [0.3, 0.4) is 0 Å². The van der Waals surface area contributed by atoms with Crippen LogP contribution >= 0.6 is 0 Å². The fraction of sp³-hybridized carbons (Fsp3) is 0.583. The number of nitrogens with zero attached hydrogens (tertiary/aromatic N) is 4. The Bertz CT molecular complexity index is 752. The third kappa shape index (κ3) is 10.1. The minimum atomic E-state index is 0.325. The second-order valence-electron chi connectivity index (χ2n) is 8.09. The summed E-state index contributed by atoms with van der Waals surface area (Å²) < 4.78 is 5.27. The average molecular weight is 458 g/mol. The number of amides is 1. The third-order valence-electron chi connectivity index (χ3n) is 5.43. The minimum Gasteiger partial charge on any atom is -0.476 e. The standard InChI is InChI=1S/C14H20N4O.C8H12N2O.C2H7N/c19-14(11-2-1-3-11)18-8-5-12(6-9-18)17-13-4-7-15-10-16-13;1-9-6-7-11-8-4-2-3-5-10-8;1-3-2/h4,7,10-12H,1-3,5-6,8-9H2,(H,15,16,17);2-5,9H,6-7H2,1H3;3H,1-2H3. The molecule has 4 rings (SSSR count). The summed E-state index contributed by atoms with van der Waals surface area (Å²) in [7, 11) is 5.64. The molecular formula is C24H39N7O2. The van der Waals surface area contributed by atoms with Gasteiger partial charge in [0.2, 0.25) is 11.8 Å². The van der Waals surface area contributed by atoms with E-state index < -0.39 is 0 Å². The van der Waals surface area contributed by atoms with E-state index in [1.165, 1.54) is 6.42 Å². The quantitative estimate of drug-likeness (QED) is 0.544. The molecule has 2 aromatic heterocycles. The van der Waals surface area contributed by atoms with Gasteiger partial charge in [-0.2, -0.15) is 0 Å². The number of nitrogens with one attached hydrogen (secondary N) is 3. The van der Waals surface area contributed by atoms with Crippen molar-refractivity contribution in [1.82, 2.24) is 30.5 Å². The van der Waals surface area contributed by atoms with Crippen molar-refractivity contribution in [2.45, 2.75) is 38.1 Å². The highest BCUT2D eigenvalue weighted by Gasteiger charge is 2.31. The Kier molecular flexibility index (Phi) is 12.8. The molecule has 1 aliphatic heterocycles. The first-order valence-corrected chi connectivity index (χ1v) is 11.8. The van der Waals surface area contributed by atoms with E-state index in [9.17, 15) is 4.79 Å². The molecule has 3 N–H and O–H groups in total. The Balaban J connectivity index is 0.000000234. The monoisotopic (exact) mass is 457 g/mol. The van der Waals surface area contributed by atoms with Crippen LogP contribution in [0.1, 0.15) is 32.1 Å². The maximum Gasteiger partial charge on any atom is 0.225 e. The van der Waals surface area contributed by atoms with Crippen LogP contribution in [0.2, 0.25) is 0 Å². The van der Waals surface area contributed by atoms with Crippen molar-refractivity contribution in [2.75, 3.05) is 52.7 Å². The molecule has 2 fully saturated rings. The van der Waals surface area contributed by atoms with E-state index in [0.29, 0.717) is 30.4 Å². The third-order valence-corrected chi connectivity index (χ3v) is 5.43. The number of pyridine rings is 1. The van der Waals surface area contributed by atoms with Gasteiger partial charge in [0.05, 0.1) is 0 Å². The number of aromatic nitrogens is 3. The van der Waals surface area contributed by atoms with Gasteiger partial charge in [-0.1, -0.05) is 12.5 Å². The van der Waals surface area contributed by atoms with Crippen LogP contribution in [0.4, 0.5) is 5.82 Å². The fourth-order valence-electron chi connectivity index (χ4n) is 3.43. The lowest BCUT2D eigenvalue weighted by atomic mass is 9.84. The second-order valence-corrected chi connectivity index (χ2v) is 8.09. The Morgan fingerprint density at radius 2 is 1.82 bits per heavy atom. The van der Waals surface area contributed by atoms with E-state index in [0.717, 1.165) is 51.1 Å². The molecule has 1 aliphatic carbocycles. The number of anilines is 1. The van der Waals surface area contributed by atoms with Gasteiger partial charge in [0.25, 0.3) is 0 Å². The van der Waals surface area contributed by atoms with Crippen LogP contribution in [-0.4, -0.2) is 79.2 Å². The molecule has 0 bridgehead atoms. The van der Waals surface area contributed by atoms with Gasteiger partial charge in [-0.3, -0.25) is 4.79 Å². The highest BCUT2D eigenvalue weighted by atomic mass is 16.5. The number of carbonyl (C=O) groups is 1. The van der Waals surface area contributed by atoms with E-state index in [2.05, 4.69) is 30.9 Å². The fourth-order valence-corrected chi connectivity index (χ4v) is 3.43. The lowest BCUT2D eigenvalue weighted by molar-refractivity contribution is -0.139. The maximum absolute atomic E-state index is 12.1. The van der Waals surface area contributed by atoms with Gasteiger partial charge < -0.3 is 25.6 Å². The van der Waals surface area contributed by atoms with E-state index in [4.69, 9.17) is 4.74 Å². The normalized spacial score (nSPS) is 15.8. The predicted molar refractivity (Wildman–Crippen MR) is 131 cm³/mol. The molecule has 0 unspecified atom stereocenters. The molecule has 9 nitrogen and oxygen atoms in total. The van der Waals surface area contributed by atoms with Crippen molar-refractivity contribution in [1.29, 1.82) is 0 Å². The van der Waals surface area contributed by atoms with Crippen LogP contribution in [0.5, 0.6) is 5.88 Å². The number of hydrogen-bond acceptors (Lipinski definition) is 8. The number of rotatable bonds is 7. The molecule has 2 aromatic rings. The predicted octanol–water partition coefficient (Wildman–Crippen LogP) is 2.19. The zero-order valence-electron chi connectivity index (χ0n) is 20.2. The molecule has 0 spiro atoms. The summed E-state index contributed by atoms with van der Waals surface area (Å²) in [5, 5.41) is 9.14. The molecule has 3 heterocycles. The minimum absolute atomic E-state index is 0.325. The van der Waals surface area contributed by atoms with E-state index in [-0.39, 0.29) is 0 Å². The van der Waals surface area contributed by atoms with Crippen molar-refractivity contribution in [3.63, 3.8) is 0 Å². The van der Waals surface area contributed by atoms with Gasteiger partial charge in [-0.25, -0.2) is 15.0 Å². The van der Waals surface area contributed by atoms with Crippen molar-refractivity contribution in [3.8, 4) is 5.88 Å². The number of carbonyl (C=O) groups excluding carboxylic acids is 1. The van der Waals surface area contributed by atoms with Gasteiger partial charge in [0.1, 0.15) is 18.8 Å². The Hall–Kier alpha value is -2.78. The highest BCUT2D eigenvalue weighted by molar-refractivity contribution is 5.79. The van der Waals surface area contributed by atoms with Gasteiger partial charge in [-0.15, -0.1) is 0 Å². The molecule has 0 aromatic carbocycles. The summed E-state index contributed by atoms with van der Waals surface area (Å²) in [6.07, 6.45) is 10.4. The molecule has 2 aliphatic rings. The first-order chi connectivity index (χ1) is 16.2. The maximum atomic E-state index is 12.1. The number of piperidine rings is 1. The molecular weight excluding hydrogens is 418 g/mol. The van der Waals surface area contributed by atoms with Gasteiger partial charge >= 0.3 is 0 Å². The Morgan fingerprint density at radius 3 is 2.36 bits per heavy atom. The Morgan fingerprint density at radius 1 is 1.06 bits per heavy atom. The SMILES string of the molecule is CNC.CNCCOc1ccccn1.O=C(C1CCC1)N1CCC(Nc2ccncn2)CC1. The first-order valence-electron chi connectivity index (χ1n) is 11.8. The summed E-state index contributed by atoms with van der Waals surface area (Å²) in [6.45, 7) is 3.25. The lowest BCUT2D eigenvalue weighted by Gasteiger charge is -2.36. The second kappa shape index (κ2) is 15.9. The summed E-state index contributed by atoms with van der Waals surface area (Å²) in [4.78, 5) is 26.3. The first kappa shape index (κ1) is 26.5. The van der Waals surface area contributed by atoms with E-state index in [1.54, 1.807) is 18.7 Å². The highest BCUT2D eigenvalue weighted by Crippen LogP contribution is 2.29. The van der Waals surface area contributed by atoms with Crippen LogP contribution in [0.25, 0.3) is 0 Å². The van der Waals surface area contributed by atoms with Crippen molar-refractivity contribution >= 4 is 11.7 Å². The summed E-state index contributed by atoms with van der Waals surface area (Å²) >= 11 is 0. The molecule has 33 heavy (non-hydrogen) atoms. The molecule has 0 radical (unpaired) electrons. The number of hydrogen-bond donors (Lipinski definition) is 3. The summed E-state index contributed by atoms with van der Waals surface area (Å²) in [6, 6.07) is 7.91. The van der Waals surface area contributed by atoms with E-state index in [1.807, 2.05) is 50.3 Å². The van der Waals surface area contributed by atoms with Crippen molar-refractivity contribution in [2.24, 2.45) is 5.92 Å².